The van der Waals surface area contributed by atoms with Crippen LogP contribution >= 0.6 is 22.9 Å². The summed E-state index contributed by atoms with van der Waals surface area (Å²) < 4.78 is 12.8. The van der Waals surface area contributed by atoms with Crippen molar-refractivity contribution in [3.8, 4) is 0 Å². The molecule has 0 aliphatic heterocycles. The molecule has 84 valence electrons. The lowest BCUT2D eigenvalue weighted by Crippen LogP contribution is -1.97. The van der Waals surface area contributed by atoms with Crippen molar-refractivity contribution >= 4 is 22.9 Å². The van der Waals surface area contributed by atoms with E-state index in [0.717, 1.165) is 16.3 Å². The van der Waals surface area contributed by atoms with Crippen molar-refractivity contribution in [2.75, 3.05) is 0 Å². The fraction of sp³-hybridized carbons (Fsp3) is 0.182. The second kappa shape index (κ2) is 4.91. The van der Waals surface area contributed by atoms with Crippen LogP contribution in [-0.4, -0.2) is 4.98 Å². The summed E-state index contributed by atoms with van der Waals surface area (Å²) in [5.74, 6) is -0.324. The lowest BCUT2D eigenvalue weighted by Gasteiger charge is -2.01. The van der Waals surface area contributed by atoms with Gasteiger partial charge in [-0.15, -0.1) is 11.3 Å². The second-order valence-corrected chi connectivity index (χ2v) is 4.70. The van der Waals surface area contributed by atoms with Crippen LogP contribution in [0.2, 0.25) is 5.02 Å². The Labute approximate surface area is 102 Å². The van der Waals surface area contributed by atoms with Gasteiger partial charge in [-0.3, -0.25) is 0 Å². The highest BCUT2D eigenvalue weighted by Crippen LogP contribution is 2.22. The number of halogens is 2. The molecule has 2 aromatic rings. The van der Waals surface area contributed by atoms with Gasteiger partial charge in [0.1, 0.15) is 5.82 Å². The van der Waals surface area contributed by atoms with E-state index in [9.17, 15) is 4.39 Å². The molecule has 0 spiro atoms. The summed E-state index contributed by atoms with van der Waals surface area (Å²) in [6.45, 7) is 0.438. The first-order valence-electron chi connectivity index (χ1n) is 4.76. The minimum atomic E-state index is -0.324. The van der Waals surface area contributed by atoms with Gasteiger partial charge in [-0.2, -0.15) is 0 Å². The van der Waals surface area contributed by atoms with Gasteiger partial charge in [0.25, 0.3) is 0 Å². The van der Waals surface area contributed by atoms with Crippen LogP contribution in [0.4, 0.5) is 4.39 Å². The summed E-state index contributed by atoms with van der Waals surface area (Å²) >= 11 is 7.47. The van der Waals surface area contributed by atoms with Gasteiger partial charge in [-0.1, -0.05) is 17.7 Å². The van der Waals surface area contributed by atoms with Gasteiger partial charge >= 0.3 is 0 Å². The number of nitrogens with two attached hydrogens (primary N) is 1. The van der Waals surface area contributed by atoms with E-state index in [-0.39, 0.29) is 5.82 Å². The Balaban J connectivity index is 2.20. The zero-order valence-corrected chi connectivity index (χ0v) is 9.98. The van der Waals surface area contributed by atoms with Crippen molar-refractivity contribution in [1.29, 1.82) is 0 Å². The standard InChI is InChI=1S/C11H10ClFN2S/c12-10-4-8(13)2-1-7(10)3-11-15-9(5-14)6-16-11/h1-2,4,6H,3,5,14H2. The predicted octanol–water partition coefficient (Wildman–Crippen LogP) is 2.99. The van der Waals surface area contributed by atoms with Crippen molar-refractivity contribution < 1.29 is 4.39 Å². The number of nitrogens with zero attached hydrogens (tertiary/aromatic N) is 1. The Morgan fingerprint density at radius 3 is 2.88 bits per heavy atom. The van der Waals surface area contributed by atoms with E-state index >= 15 is 0 Å². The first-order valence-corrected chi connectivity index (χ1v) is 6.02. The molecule has 1 aromatic carbocycles. The molecule has 1 heterocycles. The second-order valence-electron chi connectivity index (χ2n) is 3.35. The topological polar surface area (TPSA) is 38.9 Å². The zero-order chi connectivity index (χ0) is 11.5. The van der Waals surface area contributed by atoms with Crippen LogP contribution < -0.4 is 5.73 Å². The maximum absolute atomic E-state index is 12.8. The first kappa shape index (κ1) is 11.5. The third-order valence-corrected chi connectivity index (χ3v) is 3.41. The molecule has 0 aliphatic rings. The maximum atomic E-state index is 12.8. The molecule has 2 nitrogen and oxygen atoms in total. The molecule has 0 fully saturated rings. The largest absolute Gasteiger partial charge is 0.325 e. The average molecular weight is 257 g/mol. The van der Waals surface area contributed by atoms with Crippen molar-refractivity contribution in [1.82, 2.24) is 4.98 Å². The molecule has 1 aromatic heterocycles. The van der Waals surface area contributed by atoms with E-state index in [4.69, 9.17) is 17.3 Å². The number of aromatic nitrogens is 1. The summed E-state index contributed by atoms with van der Waals surface area (Å²) in [4.78, 5) is 4.33. The van der Waals surface area contributed by atoms with E-state index < -0.39 is 0 Å². The molecule has 16 heavy (non-hydrogen) atoms. The molecule has 0 amide bonds. The molecular weight excluding hydrogens is 247 g/mol. The van der Waals surface area contributed by atoms with E-state index in [1.54, 1.807) is 6.07 Å². The minimum Gasteiger partial charge on any atom is -0.325 e. The van der Waals surface area contributed by atoms with Crippen LogP contribution in [0.25, 0.3) is 0 Å². The third-order valence-electron chi connectivity index (χ3n) is 2.17. The summed E-state index contributed by atoms with van der Waals surface area (Å²) in [7, 11) is 0. The Morgan fingerprint density at radius 2 is 2.25 bits per heavy atom. The van der Waals surface area contributed by atoms with Crippen LogP contribution in [0.3, 0.4) is 0 Å². The molecule has 0 aliphatic carbocycles. The third kappa shape index (κ3) is 2.58. The van der Waals surface area contributed by atoms with Crippen molar-refractivity contribution in [3.05, 3.63) is 50.7 Å². The molecule has 0 saturated carbocycles. The number of hydrogen-bond donors (Lipinski definition) is 1. The van der Waals surface area contributed by atoms with E-state index in [2.05, 4.69) is 4.98 Å². The van der Waals surface area contributed by atoms with E-state index in [0.29, 0.717) is 18.0 Å². The molecule has 0 bridgehead atoms. The van der Waals surface area contributed by atoms with Gasteiger partial charge in [-0.05, 0) is 17.7 Å². The summed E-state index contributed by atoms with van der Waals surface area (Å²) in [5.41, 5.74) is 7.22. The lowest BCUT2D eigenvalue weighted by molar-refractivity contribution is 0.627. The summed E-state index contributed by atoms with van der Waals surface area (Å²) in [6.07, 6.45) is 0.615. The number of rotatable bonds is 3. The van der Waals surface area contributed by atoms with Crippen molar-refractivity contribution in [2.45, 2.75) is 13.0 Å². The monoisotopic (exact) mass is 256 g/mol. The minimum absolute atomic E-state index is 0.324. The molecule has 0 radical (unpaired) electrons. The van der Waals surface area contributed by atoms with Gasteiger partial charge in [0.2, 0.25) is 0 Å². The van der Waals surface area contributed by atoms with E-state index in [1.807, 2.05) is 5.38 Å². The highest BCUT2D eigenvalue weighted by Gasteiger charge is 2.06. The normalized spacial score (nSPS) is 10.7. The lowest BCUT2D eigenvalue weighted by atomic mass is 10.1. The van der Waals surface area contributed by atoms with Crippen LogP contribution in [-0.2, 0) is 13.0 Å². The van der Waals surface area contributed by atoms with Gasteiger partial charge in [-0.25, -0.2) is 9.37 Å². The molecular formula is C11H10ClFN2S. The van der Waals surface area contributed by atoms with Gasteiger partial charge in [0, 0.05) is 23.4 Å². The predicted molar refractivity (Wildman–Crippen MR) is 64.2 cm³/mol. The van der Waals surface area contributed by atoms with Crippen molar-refractivity contribution in [3.63, 3.8) is 0 Å². The summed E-state index contributed by atoms with van der Waals surface area (Å²) in [5, 5.41) is 3.30. The highest BCUT2D eigenvalue weighted by atomic mass is 35.5. The Hall–Kier alpha value is -0.970. The SMILES string of the molecule is NCc1csc(Cc2ccc(F)cc2Cl)n1. The van der Waals surface area contributed by atoms with Crippen LogP contribution in [0.5, 0.6) is 0 Å². The van der Waals surface area contributed by atoms with Crippen LogP contribution in [0.15, 0.2) is 23.6 Å². The molecule has 2 rings (SSSR count). The van der Waals surface area contributed by atoms with Gasteiger partial charge in [0.05, 0.1) is 10.7 Å². The first-order chi connectivity index (χ1) is 7.69. The Bertz CT molecular complexity index is 498. The zero-order valence-electron chi connectivity index (χ0n) is 8.41. The maximum Gasteiger partial charge on any atom is 0.124 e. The Kier molecular flexibility index (Phi) is 3.53. The summed E-state index contributed by atoms with van der Waals surface area (Å²) in [6, 6.07) is 4.40. The van der Waals surface area contributed by atoms with Gasteiger partial charge < -0.3 is 5.73 Å². The molecule has 0 saturated heterocycles. The molecule has 5 heteroatoms. The fourth-order valence-electron chi connectivity index (χ4n) is 1.35. The Morgan fingerprint density at radius 1 is 1.44 bits per heavy atom. The smallest absolute Gasteiger partial charge is 0.124 e. The average Bonchev–Trinajstić information content (AvgIpc) is 2.70. The van der Waals surface area contributed by atoms with E-state index in [1.165, 1.54) is 23.5 Å². The van der Waals surface area contributed by atoms with Crippen molar-refractivity contribution in [2.24, 2.45) is 5.73 Å². The molecule has 0 atom stereocenters. The fourth-order valence-corrected chi connectivity index (χ4v) is 2.42. The number of hydrogen-bond acceptors (Lipinski definition) is 3. The quantitative estimate of drug-likeness (QED) is 0.917. The number of thiazole rings is 1. The van der Waals surface area contributed by atoms with Crippen LogP contribution in [0, 0.1) is 5.82 Å². The van der Waals surface area contributed by atoms with Gasteiger partial charge in [0.15, 0.2) is 0 Å². The number of benzene rings is 1. The van der Waals surface area contributed by atoms with Crippen LogP contribution in [0.1, 0.15) is 16.3 Å². The highest BCUT2D eigenvalue weighted by molar-refractivity contribution is 7.09. The molecule has 0 unspecified atom stereocenters. The molecule has 2 N–H and O–H groups in total.